The van der Waals surface area contributed by atoms with Crippen LogP contribution in [0, 0.1) is 0 Å². The zero-order chi connectivity index (χ0) is 12.7. The minimum absolute atomic E-state index is 0. The molecule has 0 aliphatic heterocycles. The Balaban J connectivity index is 0.000000421. The van der Waals surface area contributed by atoms with Gasteiger partial charge in [-0.15, -0.1) is 0 Å². The van der Waals surface area contributed by atoms with Crippen molar-refractivity contribution in [1.29, 1.82) is 0 Å². The van der Waals surface area contributed by atoms with Crippen LogP contribution in [-0.4, -0.2) is 15.5 Å². The molecule has 1 radical (unpaired) electrons. The van der Waals surface area contributed by atoms with Crippen molar-refractivity contribution in [2.24, 2.45) is 0 Å². The predicted octanol–water partition coefficient (Wildman–Crippen LogP) is 3.19. The van der Waals surface area contributed by atoms with Gasteiger partial charge in [0.15, 0.2) is 0 Å². The average Bonchev–Trinajstić information content (AvgIpc) is 2.29. The van der Waals surface area contributed by atoms with E-state index in [1.165, 1.54) is 0 Å². The molecule has 0 saturated heterocycles. The van der Waals surface area contributed by atoms with Crippen molar-refractivity contribution in [2.75, 3.05) is 0 Å². The van der Waals surface area contributed by atoms with Crippen LogP contribution >= 0.6 is 0 Å². The van der Waals surface area contributed by atoms with Crippen molar-refractivity contribution in [3.8, 4) is 11.4 Å². The van der Waals surface area contributed by atoms with E-state index in [9.17, 15) is 13.2 Å². The summed E-state index contributed by atoms with van der Waals surface area (Å²) in [4.78, 5) is 8.37. The first-order valence-corrected chi connectivity index (χ1v) is 4.97. The molecular weight excluding hydrogens is 313 g/mol. The van der Waals surface area contributed by atoms with E-state index >= 15 is 0 Å². The molecule has 0 bridgehead atoms. The molecule has 0 atom stereocenters. The van der Waals surface area contributed by atoms with Crippen LogP contribution in [0.3, 0.4) is 0 Å². The molecule has 0 saturated carbocycles. The van der Waals surface area contributed by atoms with E-state index in [1.54, 1.807) is 12.4 Å². The van der Waals surface area contributed by atoms with Gasteiger partial charge in [0, 0.05) is 29.5 Å². The molecule has 0 aromatic carbocycles. The maximum absolute atomic E-state index is 10.2. The molecule has 0 unspecified atom stereocenters. The minimum Gasteiger partial charge on any atom is -0.680 e. The fraction of sp³-hybridized carbons (Fsp3) is 0.0909. The fourth-order valence-corrected chi connectivity index (χ4v) is 1.03. The zero-order valence-corrected chi connectivity index (χ0v) is 10.6. The molecular formula is C11H8CuF3N2S-. The third-order valence-electron chi connectivity index (χ3n) is 1.59. The Labute approximate surface area is 119 Å². The molecule has 0 N–H and O–H groups in total. The Bertz CT molecular complexity index is 394. The Morgan fingerprint density at radius 1 is 0.833 bits per heavy atom. The van der Waals surface area contributed by atoms with E-state index in [4.69, 9.17) is 0 Å². The van der Waals surface area contributed by atoms with E-state index < -0.39 is 5.51 Å². The second-order valence-electron chi connectivity index (χ2n) is 2.88. The van der Waals surface area contributed by atoms with E-state index in [2.05, 4.69) is 22.6 Å². The number of aromatic nitrogens is 2. The van der Waals surface area contributed by atoms with Crippen molar-refractivity contribution in [1.82, 2.24) is 9.97 Å². The summed E-state index contributed by atoms with van der Waals surface area (Å²) in [5, 5.41) is 0. The van der Waals surface area contributed by atoms with Crippen LogP contribution in [-0.2, 0) is 29.7 Å². The first kappa shape index (κ1) is 17.0. The van der Waals surface area contributed by atoms with Gasteiger partial charge in [0.05, 0.1) is 11.4 Å². The van der Waals surface area contributed by atoms with Crippen LogP contribution in [0.4, 0.5) is 13.2 Å². The summed E-state index contributed by atoms with van der Waals surface area (Å²) in [6.07, 6.45) is 3.54. The van der Waals surface area contributed by atoms with Crippen molar-refractivity contribution in [2.45, 2.75) is 5.51 Å². The van der Waals surface area contributed by atoms with Crippen LogP contribution in [0.25, 0.3) is 11.4 Å². The molecule has 0 fully saturated rings. The maximum Gasteiger partial charge on any atom is 0.276 e. The van der Waals surface area contributed by atoms with Gasteiger partial charge in [-0.05, 0) is 24.3 Å². The topological polar surface area (TPSA) is 25.8 Å². The molecule has 7 heteroatoms. The van der Waals surface area contributed by atoms with Gasteiger partial charge in [0.1, 0.15) is 0 Å². The number of hydrogen-bond donors (Lipinski definition) is 0. The monoisotopic (exact) mass is 320 g/mol. The summed E-state index contributed by atoms with van der Waals surface area (Å²) in [5.41, 5.74) is -2.59. The largest absolute Gasteiger partial charge is 0.680 e. The molecule has 0 aliphatic carbocycles. The number of halogens is 3. The summed E-state index contributed by atoms with van der Waals surface area (Å²) in [6, 6.07) is 11.6. The second-order valence-corrected chi connectivity index (χ2v) is 3.34. The number of pyridine rings is 2. The van der Waals surface area contributed by atoms with E-state index in [-0.39, 0.29) is 17.1 Å². The van der Waals surface area contributed by atoms with Crippen LogP contribution in [0.5, 0.6) is 0 Å². The predicted molar refractivity (Wildman–Crippen MR) is 60.9 cm³/mol. The van der Waals surface area contributed by atoms with Crippen molar-refractivity contribution >= 4 is 12.6 Å². The first-order chi connectivity index (χ1) is 7.97. The Morgan fingerprint density at radius 3 is 1.39 bits per heavy atom. The second kappa shape index (κ2) is 8.13. The van der Waals surface area contributed by atoms with E-state index in [1.807, 2.05) is 36.4 Å². The van der Waals surface area contributed by atoms with Crippen molar-refractivity contribution in [3.63, 3.8) is 0 Å². The molecule has 0 aliphatic rings. The summed E-state index contributed by atoms with van der Waals surface area (Å²) >= 11 is 2.83. The molecule has 0 amide bonds. The van der Waals surface area contributed by atoms with Gasteiger partial charge in [0.25, 0.3) is 5.51 Å². The molecule has 18 heavy (non-hydrogen) atoms. The number of rotatable bonds is 1. The van der Waals surface area contributed by atoms with Gasteiger partial charge >= 0.3 is 0 Å². The van der Waals surface area contributed by atoms with Gasteiger partial charge in [-0.2, -0.15) is 13.2 Å². The van der Waals surface area contributed by atoms with Gasteiger partial charge < -0.3 is 12.6 Å². The summed E-state index contributed by atoms with van der Waals surface area (Å²) in [7, 11) is 0. The molecule has 101 valence electrons. The average molecular weight is 321 g/mol. The Kier molecular flexibility index (Phi) is 7.66. The van der Waals surface area contributed by atoms with E-state index in [0.717, 1.165) is 11.4 Å². The maximum atomic E-state index is 10.2. The Hall–Kier alpha value is -1.04. The smallest absolute Gasteiger partial charge is 0.276 e. The molecule has 2 aromatic heterocycles. The van der Waals surface area contributed by atoms with Gasteiger partial charge in [0.2, 0.25) is 0 Å². The summed E-state index contributed by atoms with van der Waals surface area (Å²) in [6.45, 7) is 0. The molecule has 2 rings (SSSR count). The fourth-order valence-electron chi connectivity index (χ4n) is 1.03. The van der Waals surface area contributed by atoms with Gasteiger partial charge in [-0.25, -0.2) is 0 Å². The summed E-state index contributed by atoms with van der Waals surface area (Å²) in [5.74, 6) is 0. The summed E-state index contributed by atoms with van der Waals surface area (Å²) < 4.78 is 30.5. The third kappa shape index (κ3) is 8.11. The van der Waals surface area contributed by atoms with Crippen molar-refractivity contribution in [3.05, 3.63) is 48.8 Å². The third-order valence-corrected chi connectivity index (χ3v) is 1.59. The van der Waals surface area contributed by atoms with Crippen molar-refractivity contribution < 1.29 is 30.2 Å². The Morgan fingerprint density at radius 2 is 1.17 bits per heavy atom. The normalized spacial score (nSPS) is 9.78. The molecule has 2 aromatic rings. The van der Waals surface area contributed by atoms with Crippen LogP contribution in [0.1, 0.15) is 0 Å². The van der Waals surface area contributed by atoms with Crippen LogP contribution < -0.4 is 0 Å². The number of alkyl halides is 3. The van der Waals surface area contributed by atoms with Gasteiger partial charge in [-0.1, -0.05) is 12.1 Å². The van der Waals surface area contributed by atoms with Gasteiger partial charge in [-0.3, -0.25) is 9.97 Å². The molecule has 2 heterocycles. The standard InChI is InChI=1S/C10H8N2.CHF3S.Cu/c1-3-7-11-9(5-1)10-6-2-4-8-12-10;2-1(3,4)5;/h1-8H;5H;/p-1. The first-order valence-electron chi connectivity index (χ1n) is 4.56. The van der Waals surface area contributed by atoms with Crippen LogP contribution in [0.15, 0.2) is 48.8 Å². The minimum atomic E-state index is -4.42. The van der Waals surface area contributed by atoms with E-state index in [0.29, 0.717) is 0 Å². The SMILES string of the molecule is FC(F)(F)[S-].[Cu].c1ccc(-c2ccccn2)nc1. The molecule has 2 nitrogen and oxygen atoms in total. The number of hydrogen-bond acceptors (Lipinski definition) is 3. The van der Waals surface area contributed by atoms with Crippen LogP contribution in [0.2, 0.25) is 0 Å². The molecule has 0 spiro atoms. The zero-order valence-electron chi connectivity index (χ0n) is 8.86. The quantitative estimate of drug-likeness (QED) is 0.596. The number of nitrogens with zero attached hydrogens (tertiary/aromatic N) is 2.